The van der Waals surface area contributed by atoms with E-state index in [1.54, 1.807) is 0 Å². The molecule has 6 aromatic carbocycles. The quantitative estimate of drug-likeness (QED) is 0.179. The van der Waals surface area contributed by atoms with Gasteiger partial charge in [0.25, 0.3) is 0 Å². The van der Waals surface area contributed by atoms with Gasteiger partial charge in [0.1, 0.15) is 11.5 Å². The minimum atomic E-state index is 0.422. The van der Waals surface area contributed by atoms with Crippen molar-refractivity contribution in [3.05, 3.63) is 149 Å². The molecule has 10 rings (SSSR count). The Bertz CT molecular complexity index is 2480. The first-order valence-electron chi connectivity index (χ1n) is 17.7. The molecule has 0 bridgehead atoms. The molecule has 232 valence electrons. The number of fused-ring (bicyclic) bond motifs is 8. The number of allylic oxidation sites excluding steroid dienone is 7. The molecular weight excluding hydrogens is 581 g/mol. The fourth-order valence-electron chi connectivity index (χ4n) is 8.81. The fraction of sp³-hybridized carbons (Fsp3) is 0.191. The van der Waals surface area contributed by atoms with Gasteiger partial charge in [0, 0.05) is 16.5 Å². The van der Waals surface area contributed by atoms with Gasteiger partial charge in [-0.25, -0.2) is 0 Å². The first-order valence-corrected chi connectivity index (χ1v) is 17.7. The molecule has 3 aliphatic carbocycles. The third-order valence-corrected chi connectivity index (χ3v) is 11.4. The lowest BCUT2D eigenvalue weighted by Crippen LogP contribution is -2.13. The Morgan fingerprint density at radius 1 is 0.708 bits per heavy atom. The van der Waals surface area contributed by atoms with E-state index in [0.717, 1.165) is 37.2 Å². The van der Waals surface area contributed by atoms with E-state index in [1.807, 2.05) is 0 Å². The minimum absolute atomic E-state index is 0.422. The van der Waals surface area contributed by atoms with Crippen LogP contribution in [0.1, 0.15) is 73.3 Å². The topological polar surface area (TPSA) is 9.23 Å². The predicted molar refractivity (Wildman–Crippen MR) is 204 cm³/mol. The highest BCUT2D eigenvalue weighted by Gasteiger charge is 2.29. The highest BCUT2D eigenvalue weighted by molar-refractivity contribution is 6.16. The van der Waals surface area contributed by atoms with Gasteiger partial charge in [0.05, 0.1) is 0 Å². The first kappa shape index (κ1) is 27.9. The summed E-state index contributed by atoms with van der Waals surface area (Å²) in [5.74, 6) is 2.93. The van der Waals surface area contributed by atoms with Crippen molar-refractivity contribution in [1.29, 1.82) is 0 Å². The van der Waals surface area contributed by atoms with Crippen molar-refractivity contribution < 1.29 is 4.74 Å². The van der Waals surface area contributed by atoms with Crippen molar-refractivity contribution >= 4 is 49.5 Å². The van der Waals surface area contributed by atoms with Gasteiger partial charge in [0.15, 0.2) is 0 Å². The maximum atomic E-state index is 6.98. The smallest absolute Gasteiger partial charge is 0.142 e. The summed E-state index contributed by atoms with van der Waals surface area (Å²) in [5, 5.41) is 7.77. The molecule has 1 atom stereocenters. The summed E-state index contributed by atoms with van der Waals surface area (Å²) in [6.07, 6.45) is 17.4. The van der Waals surface area contributed by atoms with E-state index in [4.69, 9.17) is 4.74 Å². The Hall–Kier alpha value is -5.14. The van der Waals surface area contributed by atoms with Crippen LogP contribution in [-0.2, 0) is 6.42 Å². The third-order valence-electron chi connectivity index (χ3n) is 11.4. The standard InChI is InChI=1S/C47H38O/c1-28(2)37-25-43(47-44(26-37)42-13-7-12-41-39-11-6-4-9-34(39)27-45(48-47)46(41)42)36-19-17-31-22-30(15-16-32(31)24-36)33-20-21-40-35(23-33)18-14-29-8-3-5-10-38(29)40/h3-4,6-9,11-14,17-23,25-28,32H,5,10,15-16,24H2,1-2H3. The van der Waals surface area contributed by atoms with Crippen molar-refractivity contribution in [2.45, 2.75) is 51.9 Å². The molecule has 0 spiro atoms. The van der Waals surface area contributed by atoms with Crippen molar-refractivity contribution in [3.8, 4) is 22.6 Å². The third kappa shape index (κ3) is 4.30. The van der Waals surface area contributed by atoms with E-state index in [9.17, 15) is 0 Å². The molecule has 1 aliphatic heterocycles. The molecule has 0 N–H and O–H groups in total. The molecule has 48 heavy (non-hydrogen) atoms. The molecule has 1 unspecified atom stereocenters. The zero-order valence-corrected chi connectivity index (χ0v) is 27.6. The lowest BCUT2D eigenvalue weighted by Gasteiger charge is -2.31. The van der Waals surface area contributed by atoms with Crippen LogP contribution in [0, 0.1) is 5.92 Å². The normalized spacial score (nSPS) is 17.8. The Morgan fingerprint density at radius 2 is 1.58 bits per heavy atom. The number of hydrogen-bond acceptors (Lipinski definition) is 1. The maximum absolute atomic E-state index is 6.98. The summed E-state index contributed by atoms with van der Waals surface area (Å²) >= 11 is 0. The number of rotatable bonds is 3. The second-order valence-electron chi connectivity index (χ2n) is 14.5. The van der Waals surface area contributed by atoms with Crippen LogP contribution >= 0.6 is 0 Å². The summed E-state index contributed by atoms with van der Waals surface area (Å²) < 4.78 is 6.98. The molecule has 1 heterocycles. The lowest BCUT2D eigenvalue weighted by atomic mass is 9.75. The van der Waals surface area contributed by atoms with E-state index in [2.05, 4.69) is 135 Å². The first-order chi connectivity index (χ1) is 23.6. The number of hydrogen-bond donors (Lipinski definition) is 0. The van der Waals surface area contributed by atoms with Gasteiger partial charge in [-0.2, -0.15) is 0 Å². The van der Waals surface area contributed by atoms with Gasteiger partial charge >= 0.3 is 0 Å². The molecule has 0 radical (unpaired) electrons. The number of benzene rings is 6. The summed E-state index contributed by atoms with van der Waals surface area (Å²) in [4.78, 5) is 0. The van der Waals surface area contributed by atoms with E-state index in [-0.39, 0.29) is 0 Å². The highest BCUT2D eigenvalue weighted by Crippen LogP contribution is 2.53. The minimum Gasteiger partial charge on any atom is -0.455 e. The zero-order chi connectivity index (χ0) is 31.9. The van der Waals surface area contributed by atoms with Gasteiger partial charge in [-0.05, 0) is 140 Å². The van der Waals surface area contributed by atoms with Crippen molar-refractivity contribution in [1.82, 2.24) is 0 Å². The van der Waals surface area contributed by atoms with Crippen LogP contribution in [0.2, 0.25) is 0 Å². The van der Waals surface area contributed by atoms with Crippen LogP contribution in [-0.4, -0.2) is 0 Å². The highest BCUT2D eigenvalue weighted by atomic mass is 16.5. The van der Waals surface area contributed by atoms with Crippen LogP contribution in [0.4, 0.5) is 0 Å². The van der Waals surface area contributed by atoms with Crippen LogP contribution < -0.4 is 4.74 Å². The Morgan fingerprint density at radius 3 is 2.52 bits per heavy atom. The number of ether oxygens (including phenoxy) is 1. The van der Waals surface area contributed by atoms with E-state index < -0.39 is 0 Å². The van der Waals surface area contributed by atoms with Crippen LogP contribution in [0.5, 0.6) is 11.5 Å². The zero-order valence-electron chi connectivity index (χ0n) is 27.6. The monoisotopic (exact) mass is 618 g/mol. The molecule has 0 saturated heterocycles. The average Bonchev–Trinajstić information content (AvgIpc) is 3.14. The second-order valence-corrected chi connectivity index (χ2v) is 14.5. The Kier molecular flexibility index (Phi) is 6.22. The second kappa shape index (κ2) is 10.7. The SMILES string of the molecule is CC(C)c1cc(C2=CC=C3C=C(c4ccc5c6c(ccc5c4)C=CCC6)CCC3C2)c2c(c1)-c1cccc3c1c(cc1ccccc13)O2. The molecule has 4 aliphatic rings. The number of aryl methyl sites for hydroxylation is 1. The van der Waals surface area contributed by atoms with Crippen LogP contribution in [0.25, 0.3) is 60.7 Å². The largest absolute Gasteiger partial charge is 0.455 e. The summed E-state index contributed by atoms with van der Waals surface area (Å²) in [7, 11) is 0. The summed E-state index contributed by atoms with van der Waals surface area (Å²) in [5.41, 5.74) is 13.7. The van der Waals surface area contributed by atoms with Gasteiger partial charge in [-0.1, -0.05) is 111 Å². The Labute approximate surface area is 282 Å². The van der Waals surface area contributed by atoms with E-state index in [0.29, 0.717) is 11.8 Å². The van der Waals surface area contributed by atoms with E-state index in [1.165, 1.54) is 94.4 Å². The average molecular weight is 619 g/mol. The molecule has 0 aromatic heterocycles. The molecule has 0 saturated carbocycles. The maximum Gasteiger partial charge on any atom is 0.142 e. The molecule has 0 amide bonds. The lowest BCUT2D eigenvalue weighted by molar-refractivity contribution is 0.484. The molecule has 1 nitrogen and oxygen atoms in total. The van der Waals surface area contributed by atoms with Crippen molar-refractivity contribution in [2.75, 3.05) is 0 Å². The van der Waals surface area contributed by atoms with Crippen molar-refractivity contribution in [3.63, 3.8) is 0 Å². The Balaban J connectivity index is 1.06. The predicted octanol–water partition coefficient (Wildman–Crippen LogP) is 13.2. The van der Waals surface area contributed by atoms with Gasteiger partial charge in [-0.3, -0.25) is 0 Å². The molecule has 0 fully saturated rings. The van der Waals surface area contributed by atoms with Crippen LogP contribution in [0.15, 0.2) is 121 Å². The van der Waals surface area contributed by atoms with Gasteiger partial charge in [-0.15, -0.1) is 0 Å². The van der Waals surface area contributed by atoms with Crippen LogP contribution in [0.3, 0.4) is 0 Å². The van der Waals surface area contributed by atoms with Crippen molar-refractivity contribution in [2.24, 2.45) is 5.92 Å². The molecule has 6 aromatic rings. The fourth-order valence-corrected chi connectivity index (χ4v) is 8.81. The summed E-state index contributed by atoms with van der Waals surface area (Å²) in [6, 6.07) is 34.2. The van der Waals surface area contributed by atoms with Gasteiger partial charge < -0.3 is 4.74 Å². The molecular formula is C47H38O. The van der Waals surface area contributed by atoms with Gasteiger partial charge in [0.2, 0.25) is 0 Å². The molecule has 1 heteroatoms. The summed E-state index contributed by atoms with van der Waals surface area (Å²) in [6.45, 7) is 4.60. The van der Waals surface area contributed by atoms with E-state index >= 15 is 0 Å².